The predicted molar refractivity (Wildman–Crippen MR) is 113 cm³/mol. The molecule has 4 aliphatic rings. The second-order valence-electron chi connectivity index (χ2n) is 9.68. The van der Waals surface area contributed by atoms with Gasteiger partial charge in [0.05, 0.1) is 14.2 Å². The number of amides is 1. The Balaban J connectivity index is 1.50. The van der Waals surface area contributed by atoms with Crippen LogP contribution < -0.4 is 19.5 Å². The lowest BCUT2D eigenvalue weighted by molar-refractivity contribution is -0.129. The minimum Gasteiger partial charge on any atom is -0.497 e. The summed E-state index contributed by atoms with van der Waals surface area (Å²) in [7, 11) is -1.14. The first-order valence-corrected chi connectivity index (χ1v) is 12.2. The van der Waals surface area contributed by atoms with Crippen LogP contribution in [0, 0.1) is 23.7 Å². The van der Waals surface area contributed by atoms with Gasteiger partial charge in [0.15, 0.2) is 0 Å². The number of rotatable bonds is 7. The molecule has 8 heteroatoms. The molecule has 0 radical (unpaired) electrons. The Morgan fingerprint density at radius 3 is 2.13 bits per heavy atom. The monoisotopic (exact) mass is 436 g/mol. The molecule has 4 bridgehead atoms. The molecule has 7 nitrogen and oxygen atoms in total. The van der Waals surface area contributed by atoms with Gasteiger partial charge in [-0.1, -0.05) is 0 Å². The van der Waals surface area contributed by atoms with Crippen molar-refractivity contribution in [2.45, 2.75) is 62.4 Å². The Bertz CT molecular complexity index is 899. The maximum Gasteiger partial charge on any atom is 0.245 e. The molecule has 2 N–H and O–H groups in total. The molecule has 0 atom stereocenters. The van der Waals surface area contributed by atoms with Crippen molar-refractivity contribution in [3.05, 3.63) is 18.2 Å². The summed E-state index contributed by atoms with van der Waals surface area (Å²) in [4.78, 5) is 13.1. The van der Waals surface area contributed by atoms with Gasteiger partial charge in [-0.2, -0.15) is 4.72 Å². The lowest BCUT2D eigenvalue weighted by atomic mass is 9.54. The maximum atomic E-state index is 13.1. The first kappa shape index (κ1) is 21.4. The van der Waals surface area contributed by atoms with Gasteiger partial charge in [0, 0.05) is 12.1 Å². The standard InChI is InChI=1S/C22H32N2O5S/c1-22(2,24-30(26,27)19-12-17(28-3)5-6-18(19)29-4)21(25)23-20-15-8-13-7-14(10-15)11-16(20)9-13/h5-6,12-16,20,24H,7-11H2,1-4H3,(H,23,25). The van der Waals surface area contributed by atoms with Crippen LogP contribution in [0.1, 0.15) is 46.0 Å². The average Bonchev–Trinajstić information content (AvgIpc) is 2.68. The summed E-state index contributed by atoms with van der Waals surface area (Å²) in [6, 6.07) is 4.71. The second-order valence-corrected chi connectivity index (χ2v) is 11.3. The summed E-state index contributed by atoms with van der Waals surface area (Å²) in [5.41, 5.74) is -1.30. The fraction of sp³-hybridized carbons (Fsp3) is 0.682. The minimum absolute atomic E-state index is 0.0557. The summed E-state index contributed by atoms with van der Waals surface area (Å²) >= 11 is 0. The zero-order chi connectivity index (χ0) is 21.7. The van der Waals surface area contributed by atoms with E-state index in [2.05, 4.69) is 10.0 Å². The molecule has 4 aliphatic carbocycles. The van der Waals surface area contributed by atoms with Crippen molar-refractivity contribution >= 4 is 15.9 Å². The highest BCUT2D eigenvalue weighted by Gasteiger charge is 2.49. The minimum atomic E-state index is -4.02. The molecular formula is C22H32N2O5S. The van der Waals surface area contributed by atoms with E-state index in [1.165, 1.54) is 58.5 Å². The summed E-state index contributed by atoms with van der Waals surface area (Å²) in [6.07, 6.45) is 6.09. The molecule has 4 saturated carbocycles. The van der Waals surface area contributed by atoms with Gasteiger partial charge >= 0.3 is 0 Å². The van der Waals surface area contributed by atoms with Crippen LogP contribution in [0.25, 0.3) is 0 Å². The van der Waals surface area contributed by atoms with Crippen LogP contribution >= 0.6 is 0 Å². The van der Waals surface area contributed by atoms with Crippen molar-refractivity contribution in [1.82, 2.24) is 10.0 Å². The molecule has 1 amide bonds. The number of ether oxygens (including phenoxy) is 2. The third-order valence-electron chi connectivity index (χ3n) is 7.14. The molecule has 30 heavy (non-hydrogen) atoms. The van der Waals surface area contributed by atoms with Crippen molar-refractivity contribution in [1.29, 1.82) is 0 Å². The van der Waals surface area contributed by atoms with E-state index in [4.69, 9.17) is 9.47 Å². The van der Waals surface area contributed by atoms with Crippen molar-refractivity contribution in [2.75, 3.05) is 14.2 Å². The fourth-order valence-electron chi connectivity index (χ4n) is 5.92. The van der Waals surface area contributed by atoms with Crippen molar-refractivity contribution in [2.24, 2.45) is 23.7 Å². The SMILES string of the molecule is COc1ccc(OC)c(S(=O)(=O)NC(C)(C)C(=O)NC2C3CC4CC(C3)CC2C4)c1. The Morgan fingerprint density at radius 1 is 1.00 bits per heavy atom. The smallest absolute Gasteiger partial charge is 0.245 e. The van der Waals surface area contributed by atoms with E-state index < -0.39 is 15.6 Å². The molecular weight excluding hydrogens is 404 g/mol. The van der Waals surface area contributed by atoms with Gasteiger partial charge in [-0.15, -0.1) is 0 Å². The molecule has 1 aromatic carbocycles. The molecule has 5 rings (SSSR count). The van der Waals surface area contributed by atoms with Crippen molar-refractivity contribution in [3.63, 3.8) is 0 Å². The normalized spacial score (nSPS) is 30.2. The summed E-state index contributed by atoms with van der Waals surface area (Å²) < 4.78 is 39.2. The van der Waals surface area contributed by atoms with E-state index in [9.17, 15) is 13.2 Å². The molecule has 0 aliphatic heterocycles. The quantitative estimate of drug-likeness (QED) is 0.685. The van der Waals surface area contributed by atoms with Crippen LogP contribution in [-0.4, -0.2) is 40.1 Å². The van der Waals surface area contributed by atoms with Gasteiger partial charge in [-0.25, -0.2) is 8.42 Å². The summed E-state index contributed by atoms with van der Waals surface area (Å²) in [5.74, 6) is 2.98. The third kappa shape index (κ3) is 3.91. The third-order valence-corrected chi connectivity index (χ3v) is 8.82. The van der Waals surface area contributed by atoms with Gasteiger partial charge in [0.1, 0.15) is 21.9 Å². The summed E-state index contributed by atoms with van der Waals surface area (Å²) in [6.45, 7) is 3.20. The van der Waals surface area contributed by atoms with Gasteiger partial charge < -0.3 is 14.8 Å². The first-order chi connectivity index (χ1) is 14.1. The first-order valence-electron chi connectivity index (χ1n) is 10.7. The average molecular weight is 437 g/mol. The van der Waals surface area contributed by atoms with Gasteiger partial charge in [-0.3, -0.25) is 4.79 Å². The number of methoxy groups -OCH3 is 2. The van der Waals surface area contributed by atoms with Gasteiger partial charge in [0.25, 0.3) is 0 Å². The van der Waals surface area contributed by atoms with E-state index in [-0.39, 0.29) is 22.6 Å². The summed E-state index contributed by atoms with van der Waals surface area (Å²) in [5, 5.41) is 3.21. The van der Waals surface area contributed by atoms with Crippen molar-refractivity contribution in [3.8, 4) is 11.5 Å². The van der Waals surface area contributed by atoms with E-state index in [0.717, 1.165) is 11.8 Å². The Labute approximate surface area is 179 Å². The van der Waals surface area contributed by atoms with E-state index in [1.807, 2.05) is 0 Å². The topological polar surface area (TPSA) is 93.7 Å². The number of carbonyl (C=O) groups is 1. The number of sulfonamides is 1. The Morgan fingerprint density at radius 2 is 1.60 bits per heavy atom. The van der Waals surface area contributed by atoms with E-state index in [1.54, 1.807) is 19.9 Å². The molecule has 0 unspecified atom stereocenters. The fourth-order valence-corrected chi connectivity index (χ4v) is 7.49. The van der Waals surface area contributed by atoms with Crippen LogP contribution in [-0.2, 0) is 14.8 Å². The number of hydrogen-bond acceptors (Lipinski definition) is 5. The lowest BCUT2D eigenvalue weighted by Crippen LogP contribution is -2.62. The van der Waals surface area contributed by atoms with Crippen LogP contribution in [0.4, 0.5) is 0 Å². The van der Waals surface area contributed by atoms with Crippen LogP contribution in [0.5, 0.6) is 11.5 Å². The lowest BCUT2D eigenvalue weighted by Gasteiger charge is -2.54. The molecule has 4 fully saturated rings. The molecule has 1 aromatic rings. The molecule has 166 valence electrons. The van der Waals surface area contributed by atoms with Crippen LogP contribution in [0.15, 0.2) is 23.1 Å². The molecule has 0 heterocycles. The number of nitrogens with one attached hydrogen (secondary N) is 2. The highest BCUT2D eigenvalue weighted by molar-refractivity contribution is 7.89. The Hall–Kier alpha value is -1.80. The number of hydrogen-bond donors (Lipinski definition) is 2. The zero-order valence-electron chi connectivity index (χ0n) is 18.1. The second kappa shape index (κ2) is 7.71. The number of benzene rings is 1. The van der Waals surface area contributed by atoms with E-state index >= 15 is 0 Å². The predicted octanol–water partition coefficient (Wildman–Crippen LogP) is 2.70. The van der Waals surface area contributed by atoms with Gasteiger partial charge in [-0.05, 0) is 81.8 Å². The Kier molecular flexibility index (Phi) is 5.51. The van der Waals surface area contributed by atoms with Gasteiger partial charge in [0.2, 0.25) is 15.9 Å². The van der Waals surface area contributed by atoms with Crippen LogP contribution in [0.3, 0.4) is 0 Å². The highest BCUT2D eigenvalue weighted by Crippen LogP contribution is 2.53. The zero-order valence-corrected chi connectivity index (χ0v) is 18.9. The molecule has 0 saturated heterocycles. The number of carbonyl (C=O) groups excluding carboxylic acids is 1. The van der Waals surface area contributed by atoms with Crippen LogP contribution in [0.2, 0.25) is 0 Å². The van der Waals surface area contributed by atoms with Crippen molar-refractivity contribution < 1.29 is 22.7 Å². The largest absolute Gasteiger partial charge is 0.497 e. The molecule has 0 spiro atoms. The highest BCUT2D eigenvalue weighted by atomic mass is 32.2. The molecule has 0 aromatic heterocycles. The van der Waals surface area contributed by atoms with E-state index in [0.29, 0.717) is 17.6 Å². The maximum absolute atomic E-state index is 13.1.